The second kappa shape index (κ2) is 6.33. The van der Waals surface area contributed by atoms with Crippen molar-refractivity contribution < 1.29 is 5.11 Å². The molecule has 0 aromatic heterocycles. The molecule has 1 rings (SSSR count). The van der Waals surface area contributed by atoms with Gasteiger partial charge in [0.1, 0.15) is 0 Å². The maximum absolute atomic E-state index is 9.97. The summed E-state index contributed by atoms with van der Waals surface area (Å²) in [4.78, 5) is 2.21. The molecule has 0 amide bonds. The van der Waals surface area contributed by atoms with Gasteiger partial charge in [0.25, 0.3) is 0 Å². The Labute approximate surface area is 98.2 Å². The van der Waals surface area contributed by atoms with Crippen LogP contribution in [0.4, 0.5) is 5.69 Å². The van der Waals surface area contributed by atoms with E-state index in [2.05, 4.69) is 24.5 Å². The molecule has 1 atom stereocenters. The highest BCUT2D eigenvalue weighted by Gasteiger charge is 2.13. The first-order chi connectivity index (χ1) is 7.74. The third-order valence-electron chi connectivity index (χ3n) is 2.75. The van der Waals surface area contributed by atoms with Gasteiger partial charge in [-0.1, -0.05) is 31.2 Å². The van der Waals surface area contributed by atoms with Crippen LogP contribution >= 0.6 is 0 Å². The smallest absolute Gasteiger partial charge is 0.0807 e. The second-order valence-corrected chi connectivity index (χ2v) is 3.81. The zero-order valence-electron chi connectivity index (χ0n) is 10.2. The van der Waals surface area contributed by atoms with Gasteiger partial charge in [0.2, 0.25) is 0 Å². The summed E-state index contributed by atoms with van der Waals surface area (Å²) >= 11 is 0. The molecule has 0 heterocycles. The Balaban J connectivity index is 3.05. The standard InChI is InChI=1S/C14H21NO/c1-4-11-15(6-3)13-10-8-7-9-12(13)14(16)5-2/h4,7-10,14,16H,1,5-6,11H2,2-3H3. The van der Waals surface area contributed by atoms with E-state index in [-0.39, 0.29) is 6.10 Å². The fourth-order valence-electron chi connectivity index (χ4n) is 1.83. The average Bonchev–Trinajstić information content (AvgIpc) is 2.35. The van der Waals surface area contributed by atoms with Crippen LogP contribution in [0.3, 0.4) is 0 Å². The molecule has 0 fully saturated rings. The number of benzene rings is 1. The van der Waals surface area contributed by atoms with Crippen molar-refractivity contribution in [3.8, 4) is 0 Å². The molecule has 1 unspecified atom stereocenters. The maximum Gasteiger partial charge on any atom is 0.0807 e. The summed E-state index contributed by atoms with van der Waals surface area (Å²) in [5.74, 6) is 0. The van der Waals surface area contributed by atoms with Crippen LogP contribution in [0.1, 0.15) is 31.9 Å². The number of likely N-dealkylation sites (N-methyl/N-ethyl adjacent to an activating group) is 1. The number of nitrogens with zero attached hydrogens (tertiary/aromatic N) is 1. The Morgan fingerprint density at radius 1 is 1.38 bits per heavy atom. The van der Waals surface area contributed by atoms with E-state index in [0.717, 1.165) is 30.8 Å². The second-order valence-electron chi connectivity index (χ2n) is 3.81. The van der Waals surface area contributed by atoms with Crippen molar-refractivity contribution in [1.82, 2.24) is 0 Å². The van der Waals surface area contributed by atoms with Gasteiger partial charge in [0, 0.05) is 24.3 Å². The first-order valence-electron chi connectivity index (χ1n) is 5.87. The fraction of sp³-hybridized carbons (Fsp3) is 0.429. The summed E-state index contributed by atoms with van der Waals surface area (Å²) in [7, 11) is 0. The SMILES string of the molecule is C=CCN(CC)c1ccccc1C(O)CC. The largest absolute Gasteiger partial charge is 0.388 e. The minimum Gasteiger partial charge on any atom is -0.388 e. The third-order valence-corrected chi connectivity index (χ3v) is 2.75. The van der Waals surface area contributed by atoms with Crippen molar-refractivity contribution in [3.63, 3.8) is 0 Å². The van der Waals surface area contributed by atoms with Gasteiger partial charge in [-0.2, -0.15) is 0 Å². The molecule has 0 aliphatic heterocycles. The lowest BCUT2D eigenvalue weighted by molar-refractivity contribution is 0.174. The minimum atomic E-state index is -0.380. The van der Waals surface area contributed by atoms with Crippen molar-refractivity contribution >= 4 is 5.69 Å². The Kier molecular flexibility index (Phi) is 5.06. The molecule has 0 aliphatic rings. The van der Waals surface area contributed by atoms with Gasteiger partial charge in [-0.05, 0) is 19.4 Å². The predicted octanol–water partition coefficient (Wildman–Crippen LogP) is 3.14. The molecule has 1 aromatic rings. The van der Waals surface area contributed by atoms with Crippen LogP contribution in [0, 0.1) is 0 Å². The van der Waals surface area contributed by atoms with Crippen molar-refractivity contribution in [3.05, 3.63) is 42.5 Å². The highest BCUT2D eigenvalue weighted by molar-refractivity contribution is 5.55. The fourth-order valence-corrected chi connectivity index (χ4v) is 1.83. The summed E-state index contributed by atoms with van der Waals surface area (Å²) in [6.45, 7) is 9.59. The topological polar surface area (TPSA) is 23.5 Å². The van der Waals surface area contributed by atoms with Crippen LogP contribution in [0.5, 0.6) is 0 Å². The molecule has 0 saturated heterocycles. The van der Waals surface area contributed by atoms with Crippen LogP contribution in [-0.2, 0) is 0 Å². The van der Waals surface area contributed by atoms with E-state index in [0.29, 0.717) is 0 Å². The van der Waals surface area contributed by atoms with Crippen molar-refractivity contribution in [2.45, 2.75) is 26.4 Å². The summed E-state index contributed by atoms with van der Waals surface area (Å²) in [5.41, 5.74) is 2.12. The number of rotatable bonds is 6. The van der Waals surface area contributed by atoms with E-state index in [4.69, 9.17) is 0 Å². The number of para-hydroxylation sites is 1. The minimum absolute atomic E-state index is 0.380. The van der Waals surface area contributed by atoms with E-state index in [1.54, 1.807) is 0 Å². The zero-order valence-corrected chi connectivity index (χ0v) is 10.2. The normalized spacial score (nSPS) is 12.2. The van der Waals surface area contributed by atoms with Gasteiger partial charge in [0.05, 0.1) is 6.10 Å². The Bertz CT molecular complexity index is 335. The highest BCUT2D eigenvalue weighted by atomic mass is 16.3. The van der Waals surface area contributed by atoms with Gasteiger partial charge >= 0.3 is 0 Å². The molecule has 0 spiro atoms. The molecular formula is C14H21NO. The van der Waals surface area contributed by atoms with E-state index in [1.807, 2.05) is 31.2 Å². The number of hydrogen-bond donors (Lipinski definition) is 1. The number of aliphatic hydroxyl groups is 1. The van der Waals surface area contributed by atoms with E-state index >= 15 is 0 Å². The van der Waals surface area contributed by atoms with Crippen LogP contribution in [-0.4, -0.2) is 18.2 Å². The molecule has 0 bridgehead atoms. The number of aliphatic hydroxyl groups excluding tert-OH is 1. The molecule has 1 aromatic carbocycles. The third kappa shape index (κ3) is 2.86. The van der Waals surface area contributed by atoms with Gasteiger partial charge in [-0.15, -0.1) is 6.58 Å². The Morgan fingerprint density at radius 2 is 2.06 bits per heavy atom. The van der Waals surface area contributed by atoms with E-state index in [9.17, 15) is 5.11 Å². The molecular weight excluding hydrogens is 198 g/mol. The monoisotopic (exact) mass is 219 g/mol. The lowest BCUT2D eigenvalue weighted by Gasteiger charge is -2.25. The van der Waals surface area contributed by atoms with Gasteiger partial charge in [-0.3, -0.25) is 0 Å². The van der Waals surface area contributed by atoms with Gasteiger partial charge < -0.3 is 10.0 Å². The number of hydrogen-bond acceptors (Lipinski definition) is 2. The molecule has 0 aliphatic carbocycles. The molecule has 0 saturated carbocycles. The molecule has 16 heavy (non-hydrogen) atoms. The first-order valence-corrected chi connectivity index (χ1v) is 5.87. The average molecular weight is 219 g/mol. The summed E-state index contributed by atoms with van der Waals surface area (Å²) in [5, 5.41) is 9.97. The summed E-state index contributed by atoms with van der Waals surface area (Å²) in [6, 6.07) is 8.03. The van der Waals surface area contributed by atoms with Crippen molar-refractivity contribution in [2.75, 3.05) is 18.0 Å². The molecule has 2 nitrogen and oxygen atoms in total. The first kappa shape index (κ1) is 12.8. The predicted molar refractivity (Wildman–Crippen MR) is 69.8 cm³/mol. The maximum atomic E-state index is 9.97. The van der Waals surface area contributed by atoms with Gasteiger partial charge in [-0.25, -0.2) is 0 Å². The van der Waals surface area contributed by atoms with Crippen LogP contribution in [0.25, 0.3) is 0 Å². The highest BCUT2D eigenvalue weighted by Crippen LogP contribution is 2.27. The van der Waals surface area contributed by atoms with Crippen molar-refractivity contribution in [1.29, 1.82) is 0 Å². The van der Waals surface area contributed by atoms with Crippen LogP contribution < -0.4 is 4.90 Å². The Morgan fingerprint density at radius 3 is 2.62 bits per heavy atom. The summed E-state index contributed by atoms with van der Waals surface area (Å²) in [6.07, 6.45) is 2.25. The van der Waals surface area contributed by atoms with E-state index < -0.39 is 0 Å². The molecule has 1 N–H and O–H groups in total. The lowest BCUT2D eigenvalue weighted by atomic mass is 10.0. The van der Waals surface area contributed by atoms with Gasteiger partial charge in [0.15, 0.2) is 0 Å². The molecule has 2 heteroatoms. The summed E-state index contributed by atoms with van der Waals surface area (Å²) < 4.78 is 0. The lowest BCUT2D eigenvalue weighted by Crippen LogP contribution is -2.24. The number of anilines is 1. The van der Waals surface area contributed by atoms with Crippen LogP contribution in [0.2, 0.25) is 0 Å². The molecule has 0 radical (unpaired) electrons. The quantitative estimate of drug-likeness (QED) is 0.743. The van der Waals surface area contributed by atoms with Crippen molar-refractivity contribution in [2.24, 2.45) is 0 Å². The zero-order chi connectivity index (χ0) is 12.0. The molecule has 88 valence electrons. The van der Waals surface area contributed by atoms with E-state index in [1.165, 1.54) is 0 Å². The Hall–Kier alpha value is -1.28. The van der Waals surface area contributed by atoms with Crippen LogP contribution in [0.15, 0.2) is 36.9 Å².